The van der Waals surface area contributed by atoms with Crippen LogP contribution in [-0.4, -0.2) is 31.2 Å². The van der Waals surface area contributed by atoms with E-state index in [1.54, 1.807) is 13.8 Å². The van der Waals surface area contributed by atoms with E-state index in [1.807, 2.05) is 30.3 Å². The second kappa shape index (κ2) is 9.09. The number of esters is 2. The molecule has 0 bridgehead atoms. The van der Waals surface area contributed by atoms with Crippen LogP contribution < -0.4 is 5.32 Å². The zero-order valence-electron chi connectivity index (χ0n) is 11.9. The maximum Gasteiger partial charge on any atom is 0.323 e. The van der Waals surface area contributed by atoms with Crippen LogP contribution in [-0.2, 0) is 25.6 Å². The van der Waals surface area contributed by atoms with E-state index in [2.05, 4.69) is 5.32 Å². The topological polar surface area (TPSA) is 64.6 Å². The number of benzene rings is 1. The van der Waals surface area contributed by atoms with Crippen molar-refractivity contribution in [1.82, 2.24) is 5.32 Å². The largest absolute Gasteiger partial charge is 0.466 e. The molecule has 0 saturated carbocycles. The van der Waals surface area contributed by atoms with Crippen molar-refractivity contribution in [1.29, 1.82) is 0 Å². The summed E-state index contributed by atoms with van der Waals surface area (Å²) in [5, 5.41) is 3.03. The fourth-order valence-corrected chi connectivity index (χ4v) is 1.71. The van der Waals surface area contributed by atoms with Gasteiger partial charge in [-0.1, -0.05) is 30.3 Å². The minimum Gasteiger partial charge on any atom is -0.466 e. The van der Waals surface area contributed by atoms with E-state index in [-0.39, 0.29) is 13.0 Å². The highest BCUT2D eigenvalue weighted by Gasteiger charge is 2.23. The SMILES string of the molecule is CCOC(=O)C[C@H](NCc1ccccc1)C(=O)OCC. The third-order valence-corrected chi connectivity index (χ3v) is 2.64. The number of hydrogen-bond donors (Lipinski definition) is 1. The van der Waals surface area contributed by atoms with Crippen molar-refractivity contribution in [2.24, 2.45) is 0 Å². The van der Waals surface area contributed by atoms with Gasteiger partial charge in [-0.15, -0.1) is 0 Å². The Hall–Kier alpha value is -1.88. The molecule has 1 aromatic rings. The predicted molar refractivity (Wildman–Crippen MR) is 75.0 cm³/mol. The molecule has 0 fully saturated rings. The summed E-state index contributed by atoms with van der Waals surface area (Å²) in [5.41, 5.74) is 1.03. The zero-order valence-corrected chi connectivity index (χ0v) is 11.9. The maximum atomic E-state index is 11.8. The molecule has 0 aliphatic heterocycles. The van der Waals surface area contributed by atoms with E-state index >= 15 is 0 Å². The zero-order chi connectivity index (χ0) is 14.8. The van der Waals surface area contributed by atoms with Gasteiger partial charge in [0.15, 0.2) is 0 Å². The number of carbonyl (C=O) groups excluding carboxylic acids is 2. The number of hydrogen-bond acceptors (Lipinski definition) is 5. The highest BCUT2D eigenvalue weighted by Crippen LogP contribution is 2.03. The first-order chi connectivity index (χ1) is 9.67. The Morgan fingerprint density at radius 1 is 1.10 bits per heavy atom. The molecule has 0 heterocycles. The highest BCUT2D eigenvalue weighted by atomic mass is 16.5. The fourth-order valence-electron chi connectivity index (χ4n) is 1.71. The van der Waals surface area contributed by atoms with Crippen LogP contribution in [0.25, 0.3) is 0 Å². The molecule has 1 N–H and O–H groups in total. The lowest BCUT2D eigenvalue weighted by Crippen LogP contribution is -2.39. The van der Waals surface area contributed by atoms with Crippen molar-refractivity contribution in [3.63, 3.8) is 0 Å². The summed E-state index contributed by atoms with van der Waals surface area (Å²) in [6.45, 7) is 4.53. The Labute approximate surface area is 119 Å². The smallest absolute Gasteiger partial charge is 0.323 e. The van der Waals surface area contributed by atoms with E-state index in [0.717, 1.165) is 5.56 Å². The van der Waals surface area contributed by atoms with E-state index in [0.29, 0.717) is 13.2 Å². The lowest BCUT2D eigenvalue weighted by molar-refractivity contribution is -0.152. The summed E-state index contributed by atoms with van der Waals surface area (Å²) in [5.74, 6) is -0.845. The van der Waals surface area contributed by atoms with Crippen LogP contribution in [0, 0.1) is 0 Å². The van der Waals surface area contributed by atoms with Crippen molar-refractivity contribution < 1.29 is 19.1 Å². The van der Waals surface area contributed by atoms with Crippen LogP contribution in [0.4, 0.5) is 0 Å². The minimum atomic E-state index is -0.686. The van der Waals surface area contributed by atoms with Crippen molar-refractivity contribution in [2.45, 2.75) is 32.9 Å². The van der Waals surface area contributed by atoms with Crippen LogP contribution in [0.15, 0.2) is 30.3 Å². The standard InChI is InChI=1S/C15H21NO4/c1-3-19-14(17)10-13(15(18)20-4-2)16-11-12-8-6-5-7-9-12/h5-9,13,16H,3-4,10-11H2,1-2H3/t13-/m0/s1. The van der Waals surface area contributed by atoms with Gasteiger partial charge >= 0.3 is 11.9 Å². The predicted octanol–water partition coefficient (Wildman–Crippen LogP) is 1.66. The summed E-state index contributed by atoms with van der Waals surface area (Å²) >= 11 is 0. The number of carbonyl (C=O) groups is 2. The van der Waals surface area contributed by atoms with Gasteiger partial charge in [-0.05, 0) is 19.4 Å². The first-order valence-corrected chi connectivity index (χ1v) is 6.77. The summed E-state index contributed by atoms with van der Waals surface area (Å²) in [7, 11) is 0. The molecule has 5 nitrogen and oxygen atoms in total. The van der Waals surface area contributed by atoms with Crippen LogP contribution in [0.1, 0.15) is 25.8 Å². The molecule has 1 aromatic carbocycles. The monoisotopic (exact) mass is 279 g/mol. The van der Waals surface area contributed by atoms with Crippen molar-refractivity contribution in [3.8, 4) is 0 Å². The molecule has 0 amide bonds. The van der Waals surface area contributed by atoms with E-state index in [1.165, 1.54) is 0 Å². The Kier molecular flexibility index (Phi) is 7.35. The van der Waals surface area contributed by atoms with Gasteiger partial charge in [-0.25, -0.2) is 0 Å². The average Bonchev–Trinajstić information content (AvgIpc) is 2.45. The third-order valence-electron chi connectivity index (χ3n) is 2.64. The van der Waals surface area contributed by atoms with Crippen LogP contribution in [0.5, 0.6) is 0 Å². The summed E-state index contributed by atoms with van der Waals surface area (Å²) < 4.78 is 9.83. The molecule has 0 aliphatic carbocycles. The first kappa shape index (κ1) is 16.2. The van der Waals surface area contributed by atoms with Gasteiger partial charge in [-0.2, -0.15) is 0 Å². The molecular formula is C15H21NO4. The molecule has 0 radical (unpaired) electrons. The first-order valence-electron chi connectivity index (χ1n) is 6.77. The lowest BCUT2D eigenvalue weighted by atomic mass is 10.1. The van der Waals surface area contributed by atoms with Gasteiger partial charge in [0.1, 0.15) is 6.04 Å². The Morgan fingerprint density at radius 3 is 2.35 bits per heavy atom. The molecular weight excluding hydrogens is 258 g/mol. The minimum absolute atomic E-state index is 0.0283. The quantitative estimate of drug-likeness (QED) is 0.733. The Balaban J connectivity index is 2.57. The van der Waals surface area contributed by atoms with Crippen LogP contribution in [0.2, 0.25) is 0 Å². The van der Waals surface area contributed by atoms with E-state index in [4.69, 9.17) is 9.47 Å². The summed E-state index contributed by atoms with van der Waals surface area (Å²) in [6, 6.07) is 8.96. The van der Waals surface area contributed by atoms with Crippen molar-refractivity contribution >= 4 is 11.9 Å². The van der Waals surface area contributed by atoms with Gasteiger partial charge in [0.25, 0.3) is 0 Å². The van der Waals surface area contributed by atoms with E-state index < -0.39 is 18.0 Å². The molecule has 0 aromatic heterocycles. The fraction of sp³-hybridized carbons (Fsp3) is 0.467. The van der Waals surface area contributed by atoms with Gasteiger partial charge in [-0.3, -0.25) is 14.9 Å². The second-order valence-electron chi connectivity index (χ2n) is 4.18. The van der Waals surface area contributed by atoms with Gasteiger partial charge in [0, 0.05) is 6.54 Å². The summed E-state index contributed by atoms with van der Waals surface area (Å²) in [6.07, 6.45) is -0.0283. The Morgan fingerprint density at radius 2 is 1.75 bits per heavy atom. The molecule has 0 spiro atoms. The molecule has 20 heavy (non-hydrogen) atoms. The van der Waals surface area contributed by atoms with Gasteiger partial charge in [0.2, 0.25) is 0 Å². The molecule has 1 rings (SSSR count). The molecule has 110 valence electrons. The van der Waals surface area contributed by atoms with Crippen LogP contribution in [0.3, 0.4) is 0 Å². The van der Waals surface area contributed by atoms with Crippen molar-refractivity contribution in [3.05, 3.63) is 35.9 Å². The highest BCUT2D eigenvalue weighted by molar-refractivity contribution is 5.82. The van der Waals surface area contributed by atoms with Crippen LogP contribution >= 0.6 is 0 Å². The third kappa shape index (κ3) is 5.84. The number of ether oxygens (including phenoxy) is 2. The molecule has 0 aliphatic rings. The van der Waals surface area contributed by atoms with Gasteiger partial charge < -0.3 is 9.47 Å². The van der Waals surface area contributed by atoms with Crippen molar-refractivity contribution in [2.75, 3.05) is 13.2 Å². The Bertz CT molecular complexity index is 419. The summed E-state index contributed by atoms with van der Waals surface area (Å²) in [4.78, 5) is 23.3. The van der Waals surface area contributed by atoms with E-state index in [9.17, 15) is 9.59 Å². The normalized spacial score (nSPS) is 11.7. The lowest BCUT2D eigenvalue weighted by Gasteiger charge is -2.16. The molecule has 1 atom stereocenters. The average molecular weight is 279 g/mol. The number of rotatable bonds is 8. The molecule has 0 saturated heterocycles. The molecule has 0 unspecified atom stereocenters. The van der Waals surface area contributed by atoms with Gasteiger partial charge in [0.05, 0.1) is 19.6 Å². The molecule has 5 heteroatoms. The number of nitrogens with one attached hydrogen (secondary N) is 1. The maximum absolute atomic E-state index is 11.8. The second-order valence-corrected chi connectivity index (χ2v) is 4.18.